The largest absolute Gasteiger partial charge is 0.459 e. The molecule has 1 atom stereocenters. The molecule has 26 heavy (non-hydrogen) atoms. The van der Waals surface area contributed by atoms with Crippen LogP contribution in [0.15, 0.2) is 24.3 Å². The fourth-order valence-corrected chi connectivity index (χ4v) is 2.49. The summed E-state index contributed by atoms with van der Waals surface area (Å²) in [5, 5.41) is 11.8. The molecule has 1 amide bonds. The van der Waals surface area contributed by atoms with Gasteiger partial charge in [0.1, 0.15) is 11.6 Å². The lowest BCUT2D eigenvalue weighted by Crippen LogP contribution is -2.41. The first-order valence-corrected chi connectivity index (χ1v) is 9.07. The molecule has 0 bridgehead atoms. The number of hydroxylamine groups is 1. The maximum absolute atomic E-state index is 12.4. The summed E-state index contributed by atoms with van der Waals surface area (Å²) in [5.74, 6) is -0.248. The lowest BCUT2D eigenvalue weighted by Gasteiger charge is -2.25. The minimum absolute atomic E-state index is 0.224. The van der Waals surface area contributed by atoms with Crippen LogP contribution < -0.4 is 10.8 Å². The number of nitrogens with one attached hydrogen (secondary N) is 2. The number of hydrogen-bond acceptors (Lipinski definition) is 5. The number of amides is 1. The predicted molar refractivity (Wildman–Crippen MR) is 101 cm³/mol. The number of hydrogen-bond donors (Lipinski definition) is 3. The van der Waals surface area contributed by atoms with Crippen molar-refractivity contribution in [2.75, 3.05) is 0 Å². The molecule has 0 aliphatic heterocycles. The highest BCUT2D eigenvalue weighted by Crippen LogP contribution is 2.14. The SMILES string of the molecule is CC(C)C[C@H](NCc1ccc(CCC(=O)NO)cc1)C(=O)OC(C)(C)C. The van der Waals surface area contributed by atoms with E-state index < -0.39 is 11.5 Å². The third-order valence-corrected chi connectivity index (χ3v) is 3.74. The second-order valence-electron chi connectivity index (χ2n) is 7.95. The zero-order chi connectivity index (χ0) is 19.7. The minimum atomic E-state index is -0.503. The summed E-state index contributed by atoms with van der Waals surface area (Å²) in [6.07, 6.45) is 1.51. The number of carbonyl (C=O) groups is 2. The van der Waals surface area contributed by atoms with E-state index in [1.54, 1.807) is 5.48 Å². The molecule has 0 saturated carbocycles. The van der Waals surface area contributed by atoms with Crippen molar-refractivity contribution in [3.8, 4) is 0 Å². The van der Waals surface area contributed by atoms with Gasteiger partial charge in [0.2, 0.25) is 5.91 Å². The van der Waals surface area contributed by atoms with E-state index >= 15 is 0 Å². The molecule has 6 nitrogen and oxygen atoms in total. The normalized spacial score (nSPS) is 12.7. The molecular formula is C20H32N2O4. The Kier molecular flexibility index (Phi) is 8.75. The predicted octanol–water partition coefficient (Wildman–Crippen LogP) is 2.97. The molecule has 6 heteroatoms. The monoisotopic (exact) mass is 364 g/mol. The molecule has 0 unspecified atom stereocenters. The van der Waals surface area contributed by atoms with Crippen molar-refractivity contribution in [3.63, 3.8) is 0 Å². The van der Waals surface area contributed by atoms with Crippen molar-refractivity contribution in [1.82, 2.24) is 10.8 Å². The Morgan fingerprint density at radius 3 is 2.19 bits per heavy atom. The van der Waals surface area contributed by atoms with Gasteiger partial charge in [0, 0.05) is 13.0 Å². The van der Waals surface area contributed by atoms with Gasteiger partial charge in [-0.1, -0.05) is 38.1 Å². The smallest absolute Gasteiger partial charge is 0.323 e. The average Bonchev–Trinajstić information content (AvgIpc) is 2.55. The van der Waals surface area contributed by atoms with Crippen molar-refractivity contribution in [2.24, 2.45) is 5.92 Å². The molecule has 0 heterocycles. The number of carbonyl (C=O) groups excluding carboxylic acids is 2. The topological polar surface area (TPSA) is 87.7 Å². The lowest BCUT2D eigenvalue weighted by atomic mass is 10.0. The second-order valence-corrected chi connectivity index (χ2v) is 7.95. The van der Waals surface area contributed by atoms with E-state index in [2.05, 4.69) is 19.2 Å². The average molecular weight is 364 g/mol. The van der Waals surface area contributed by atoms with Crippen LogP contribution in [0.25, 0.3) is 0 Å². The van der Waals surface area contributed by atoms with Crippen LogP contribution in [0.1, 0.15) is 58.6 Å². The molecule has 1 aromatic carbocycles. The van der Waals surface area contributed by atoms with Gasteiger partial charge >= 0.3 is 5.97 Å². The summed E-state index contributed by atoms with van der Waals surface area (Å²) in [4.78, 5) is 23.5. The number of ether oxygens (including phenoxy) is 1. The Hall–Kier alpha value is -1.92. The molecule has 1 rings (SSSR count). The number of aryl methyl sites for hydroxylation is 1. The number of esters is 1. The number of rotatable bonds is 9. The molecule has 0 fully saturated rings. The third-order valence-electron chi connectivity index (χ3n) is 3.74. The molecule has 0 aliphatic rings. The first-order chi connectivity index (χ1) is 12.1. The Labute approximate surface area is 156 Å². The van der Waals surface area contributed by atoms with Crippen LogP contribution in [0.4, 0.5) is 0 Å². The maximum atomic E-state index is 12.4. The van der Waals surface area contributed by atoms with Crippen LogP contribution in [0.2, 0.25) is 0 Å². The van der Waals surface area contributed by atoms with Gasteiger partial charge in [-0.05, 0) is 50.7 Å². The first-order valence-electron chi connectivity index (χ1n) is 9.07. The van der Waals surface area contributed by atoms with Crippen molar-refractivity contribution >= 4 is 11.9 Å². The molecule has 0 spiro atoms. The van der Waals surface area contributed by atoms with Gasteiger partial charge < -0.3 is 10.1 Å². The van der Waals surface area contributed by atoms with Gasteiger partial charge in [-0.2, -0.15) is 0 Å². The molecule has 146 valence electrons. The lowest BCUT2D eigenvalue weighted by molar-refractivity contribution is -0.158. The van der Waals surface area contributed by atoms with Gasteiger partial charge in [0.05, 0.1) is 0 Å². The van der Waals surface area contributed by atoms with Crippen LogP contribution in [-0.2, 0) is 27.3 Å². The van der Waals surface area contributed by atoms with E-state index in [1.807, 2.05) is 45.0 Å². The number of benzene rings is 1. The molecule has 0 aromatic heterocycles. The Morgan fingerprint density at radius 1 is 1.12 bits per heavy atom. The van der Waals surface area contributed by atoms with Crippen LogP contribution in [-0.4, -0.2) is 28.7 Å². The zero-order valence-electron chi connectivity index (χ0n) is 16.5. The van der Waals surface area contributed by atoms with Crippen LogP contribution in [0.5, 0.6) is 0 Å². The van der Waals surface area contributed by atoms with Crippen LogP contribution >= 0.6 is 0 Å². The van der Waals surface area contributed by atoms with Gasteiger partial charge in [-0.25, -0.2) is 5.48 Å². The summed E-state index contributed by atoms with van der Waals surface area (Å²) in [5.41, 5.74) is 3.20. The van der Waals surface area contributed by atoms with Crippen molar-refractivity contribution in [1.29, 1.82) is 0 Å². The summed E-state index contributed by atoms with van der Waals surface area (Å²) in [6, 6.07) is 7.50. The quantitative estimate of drug-likeness (QED) is 0.356. The molecule has 0 radical (unpaired) electrons. The molecule has 0 aliphatic carbocycles. The van der Waals surface area contributed by atoms with Crippen molar-refractivity contribution < 1.29 is 19.5 Å². The van der Waals surface area contributed by atoms with Gasteiger partial charge in [0.25, 0.3) is 0 Å². The third kappa shape index (κ3) is 8.97. The van der Waals surface area contributed by atoms with E-state index in [0.29, 0.717) is 25.3 Å². The maximum Gasteiger partial charge on any atom is 0.323 e. The minimum Gasteiger partial charge on any atom is -0.459 e. The highest BCUT2D eigenvalue weighted by molar-refractivity contribution is 5.76. The van der Waals surface area contributed by atoms with E-state index in [9.17, 15) is 9.59 Å². The summed E-state index contributed by atoms with van der Waals surface area (Å²) in [6.45, 7) is 10.3. The van der Waals surface area contributed by atoms with Gasteiger partial charge in [-0.3, -0.25) is 14.8 Å². The first kappa shape index (κ1) is 22.1. The molecular weight excluding hydrogens is 332 g/mol. The standard InChI is InChI=1S/C20H32N2O4/c1-14(2)12-17(19(24)26-20(3,4)5)21-13-16-8-6-15(7-9-16)10-11-18(23)22-25/h6-9,14,17,21,25H,10-13H2,1-5H3,(H,22,23)/t17-/m0/s1. The van der Waals surface area contributed by atoms with Gasteiger partial charge in [-0.15, -0.1) is 0 Å². The van der Waals surface area contributed by atoms with Crippen molar-refractivity contribution in [3.05, 3.63) is 35.4 Å². The summed E-state index contributed by atoms with van der Waals surface area (Å²) in [7, 11) is 0. The van der Waals surface area contributed by atoms with Crippen LogP contribution in [0, 0.1) is 5.92 Å². The fraction of sp³-hybridized carbons (Fsp3) is 0.600. The highest BCUT2D eigenvalue weighted by atomic mass is 16.6. The van der Waals surface area contributed by atoms with E-state index in [-0.39, 0.29) is 18.4 Å². The Bertz CT molecular complexity index is 576. The van der Waals surface area contributed by atoms with Crippen molar-refractivity contribution in [2.45, 2.75) is 72.1 Å². The highest BCUT2D eigenvalue weighted by Gasteiger charge is 2.25. The molecule has 0 saturated heterocycles. The molecule has 1 aromatic rings. The Morgan fingerprint density at radius 2 is 1.69 bits per heavy atom. The zero-order valence-corrected chi connectivity index (χ0v) is 16.5. The van der Waals surface area contributed by atoms with E-state index in [4.69, 9.17) is 9.94 Å². The summed E-state index contributed by atoms with van der Waals surface area (Å²) < 4.78 is 5.51. The summed E-state index contributed by atoms with van der Waals surface area (Å²) >= 11 is 0. The Balaban J connectivity index is 2.61. The van der Waals surface area contributed by atoms with E-state index in [0.717, 1.165) is 11.1 Å². The molecule has 3 N–H and O–H groups in total. The van der Waals surface area contributed by atoms with Gasteiger partial charge in [0.15, 0.2) is 0 Å². The van der Waals surface area contributed by atoms with E-state index in [1.165, 1.54) is 0 Å². The second kappa shape index (κ2) is 10.3. The fourth-order valence-electron chi connectivity index (χ4n) is 2.49. The van der Waals surface area contributed by atoms with Crippen LogP contribution in [0.3, 0.4) is 0 Å².